The Hall–Kier alpha value is -4.03. The molecule has 0 saturated carbocycles. The topological polar surface area (TPSA) is 110 Å². The van der Waals surface area contributed by atoms with Crippen LogP contribution in [0.15, 0.2) is 47.8 Å². The Morgan fingerprint density at radius 3 is 2.72 bits per heavy atom. The summed E-state index contributed by atoms with van der Waals surface area (Å²) in [4.78, 5) is 30.8. The number of amides is 1. The average molecular weight is 446 g/mol. The van der Waals surface area contributed by atoms with Crippen LogP contribution in [-0.2, 0) is 23.0 Å². The predicted molar refractivity (Wildman–Crippen MR) is 121 cm³/mol. The molecule has 8 nitrogen and oxygen atoms in total. The number of anilines is 1. The van der Waals surface area contributed by atoms with Gasteiger partial charge in [-0.05, 0) is 42.1 Å². The molecule has 0 atom stereocenters. The molecule has 1 N–H and O–H groups in total. The highest BCUT2D eigenvalue weighted by atomic mass is 32.1. The molecule has 0 unspecified atom stereocenters. The quantitative estimate of drug-likeness (QED) is 0.451. The molecule has 0 radical (unpaired) electrons. The molecule has 0 saturated heterocycles. The highest BCUT2D eigenvalue weighted by Gasteiger charge is 2.21. The van der Waals surface area contributed by atoms with E-state index in [0.717, 1.165) is 10.4 Å². The normalized spacial score (nSPS) is 10.7. The van der Waals surface area contributed by atoms with Crippen LogP contribution in [0.5, 0.6) is 0 Å². The summed E-state index contributed by atoms with van der Waals surface area (Å²) in [5, 5.41) is 18.3. The molecule has 0 aliphatic rings. The van der Waals surface area contributed by atoms with Crippen molar-refractivity contribution >= 4 is 39.9 Å². The van der Waals surface area contributed by atoms with Gasteiger partial charge in [0.25, 0.3) is 5.91 Å². The van der Waals surface area contributed by atoms with Crippen LogP contribution in [0.25, 0.3) is 21.6 Å². The fourth-order valence-electron chi connectivity index (χ4n) is 3.36. The molecule has 32 heavy (non-hydrogen) atoms. The standard InChI is InChI=1S/C23H19N5O3S/c1-14-21-17(12-18(19-4-3-11-32-19)26-22(21)28(2)27-14)23(30)31-13-20(29)25-16-7-5-15(6-8-16)9-10-24/h3-8,11-12H,9,13H2,1-2H3,(H,25,29). The first-order valence-electron chi connectivity index (χ1n) is 9.77. The number of rotatable bonds is 6. The number of esters is 1. The van der Waals surface area contributed by atoms with Gasteiger partial charge in [0, 0.05) is 12.7 Å². The van der Waals surface area contributed by atoms with Gasteiger partial charge >= 0.3 is 5.97 Å². The maximum atomic E-state index is 12.9. The minimum Gasteiger partial charge on any atom is -0.452 e. The van der Waals surface area contributed by atoms with Gasteiger partial charge in [0.1, 0.15) is 0 Å². The molecule has 160 valence electrons. The molecule has 0 bridgehead atoms. The molecule has 4 rings (SSSR count). The van der Waals surface area contributed by atoms with Crippen molar-refractivity contribution in [2.75, 3.05) is 11.9 Å². The van der Waals surface area contributed by atoms with Crippen LogP contribution in [0.4, 0.5) is 5.69 Å². The van der Waals surface area contributed by atoms with E-state index in [1.165, 1.54) is 11.3 Å². The van der Waals surface area contributed by atoms with Crippen LogP contribution < -0.4 is 5.32 Å². The number of thiophene rings is 1. The summed E-state index contributed by atoms with van der Waals surface area (Å²) in [5.41, 5.74) is 3.60. The Bertz CT molecular complexity index is 1330. The van der Waals surface area contributed by atoms with Crippen LogP contribution in [0.3, 0.4) is 0 Å². The summed E-state index contributed by atoms with van der Waals surface area (Å²) < 4.78 is 6.94. The summed E-state index contributed by atoms with van der Waals surface area (Å²) in [6.07, 6.45) is 0.299. The van der Waals surface area contributed by atoms with Crippen LogP contribution in [0, 0.1) is 18.3 Å². The zero-order valence-electron chi connectivity index (χ0n) is 17.5. The minimum absolute atomic E-state index is 0.299. The van der Waals surface area contributed by atoms with E-state index in [-0.39, 0.29) is 0 Å². The molecule has 1 aromatic carbocycles. The Labute approximate surface area is 188 Å². The molecule has 0 fully saturated rings. The summed E-state index contributed by atoms with van der Waals surface area (Å²) in [6.45, 7) is 1.37. The lowest BCUT2D eigenvalue weighted by Gasteiger charge is -2.09. The number of carbonyl (C=O) groups excluding carboxylic acids is 2. The number of hydrogen-bond acceptors (Lipinski definition) is 7. The molecule has 9 heteroatoms. The third kappa shape index (κ3) is 4.36. The lowest BCUT2D eigenvalue weighted by molar-refractivity contribution is -0.119. The van der Waals surface area contributed by atoms with Crippen molar-refractivity contribution in [3.63, 3.8) is 0 Å². The predicted octanol–water partition coefficient (Wildman–Crippen LogP) is 3.87. The van der Waals surface area contributed by atoms with Crippen molar-refractivity contribution in [1.82, 2.24) is 14.8 Å². The largest absolute Gasteiger partial charge is 0.452 e. The molecular weight excluding hydrogens is 426 g/mol. The number of ether oxygens (including phenoxy) is 1. The van der Waals surface area contributed by atoms with Gasteiger partial charge in [-0.15, -0.1) is 11.3 Å². The Balaban J connectivity index is 1.52. The summed E-state index contributed by atoms with van der Waals surface area (Å²) >= 11 is 1.51. The van der Waals surface area contributed by atoms with Gasteiger partial charge in [-0.25, -0.2) is 9.78 Å². The van der Waals surface area contributed by atoms with Crippen molar-refractivity contribution in [1.29, 1.82) is 5.26 Å². The minimum atomic E-state index is -0.620. The van der Waals surface area contributed by atoms with Crippen LogP contribution in [0.1, 0.15) is 21.6 Å². The second kappa shape index (κ2) is 8.99. The molecular formula is C23H19N5O3S. The second-order valence-electron chi connectivity index (χ2n) is 7.10. The monoisotopic (exact) mass is 445 g/mol. The van der Waals surface area contributed by atoms with E-state index in [4.69, 9.17) is 10.00 Å². The fraction of sp³-hybridized carbons (Fsp3) is 0.174. The van der Waals surface area contributed by atoms with Crippen LogP contribution in [-0.4, -0.2) is 33.2 Å². The number of fused-ring (bicyclic) bond motifs is 1. The number of benzene rings is 1. The van der Waals surface area contributed by atoms with E-state index in [1.54, 1.807) is 49.0 Å². The molecule has 0 spiro atoms. The van der Waals surface area contributed by atoms with Crippen molar-refractivity contribution in [2.24, 2.45) is 7.05 Å². The first-order chi connectivity index (χ1) is 15.5. The van der Waals surface area contributed by atoms with Crippen molar-refractivity contribution < 1.29 is 14.3 Å². The smallest absolute Gasteiger partial charge is 0.339 e. The van der Waals surface area contributed by atoms with Gasteiger partial charge in [-0.3, -0.25) is 9.48 Å². The third-order valence-corrected chi connectivity index (χ3v) is 5.71. The van der Waals surface area contributed by atoms with E-state index in [9.17, 15) is 9.59 Å². The van der Waals surface area contributed by atoms with Gasteiger partial charge in [0.05, 0.1) is 39.7 Å². The fourth-order valence-corrected chi connectivity index (χ4v) is 4.05. The second-order valence-corrected chi connectivity index (χ2v) is 8.04. The van der Waals surface area contributed by atoms with E-state index in [0.29, 0.717) is 40.1 Å². The van der Waals surface area contributed by atoms with Gasteiger partial charge in [-0.2, -0.15) is 10.4 Å². The highest BCUT2D eigenvalue weighted by molar-refractivity contribution is 7.13. The van der Waals surface area contributed by atoms with E-state index >= 15 is 0 Å². The van der Waals surface area contributed by atoms with Crippen LogP contribution in [0.2, 0.25) is 0 Å². The lowest BCUT2D eigenvalue weighted by Crippen LogP contribution is -2.21. The van der Waals surface area contributed by atoms with Crippen molar-refractivity contribution in [3.05, 3.63) is 64.7 Å². The van der Waals surface area contributed by atoms with E-state index in [1.807, 2.05) is 17.5 Å². The number of nitriles is 1. The van der Waals surface area contributed by atoms with Crippen molar-refractivity contribution in [2.45, 2.75) is 13.3 Å². The third-order valence-electron chi connectivity index (χ3n) is 4.82. The molecule has 0 aliphatic heterocycles. The van der Waals surface area contributed by atoms with Gasteiger partial charge in [-0.1, -0.05) is 18.2 Å². The summed E-state index contributed by atoms with van der Waals surface area (Å²) in [5.74, 6) is -1.08. The first kappa shape index (κ1) is 21.2. The Morgan fingerprint density at radius 2 is 2.03 bits per heavy atom. The maximum Gasteiger partial charge on any atom is 0.339 e. The van der Waals surface area contributed by atoms with Crippen LogP contribution >= 0.6 is 11.3 Å². The molecule has 3 aromatic heterocycles. The zero-order chi connectivity index (χ0) is 22.7. The molecule has 1 amide bonds. The zero-order valence-corrected chi connectivity index (χ0v) is 18.3. The van der Waals surface area contributed by atoms with E-state index < -0.39 is 18.5 Å². The first-order valence-corrected chi connectivity index (χ1v) is 10.7. The number of pyridine rings is 1. The number of aryl methyl sites for hydroxylation is 2. The van der Waals surface area contributed by atoms with Gasteiger partial charge in [0.2, 0.25) is 0 Å². The summed E-state index contributed by atoms with van der Waals surface area (Å²) in [6, 6.07) is 14.5. The Kier molecular flexibility index (Phi) is 5.96. The molecule has 3 heterocycles. The highest BCUT2D eigenvalue weighted by Crippen LogP contribution is 2.29. The maximum absolute atomic E-state index is 12.9. The number of aromatic nitrogens is 3. The molecule has 0 aliphatic carbocycles. The number of carbonyl (C=O) groups is 2. The lowest BCUT2D eigenvalue weighted by atomic mass is 10.1. The summed E-state index contributed by atoms with van der Waals surface area (Å²) in [7, 11) is 1.77. The number of nitrogens with zero attached hydrogens (tertiary/aromatic N) is 4. The Morgan fingerprint density at radius 1 is 1.25 bits per heavy atom. The van der Waals surface area contributed by atoms with Gasteiger partial charge < -0.3 is 10.1 Å². The SMILES string of the molecule is Cc1nn(C)c2nc(-c3cccs3)cc(C(=O)OCC(=O)Nc3ccc(CC#N)cc3)c12. The van der Waals surface area contributed by atoms with Gasteiger partial charge in [0.15, 0.2) is 12.3 Å². The van der Waals surface area contributed by atoms with E-state index in [2.05, 4.69) is 21.5 Å². The number of nitrogens with one attached hydrogen (secondary N) is 1. The molecule has 4 aromatic rings. The van der Waals surface area contributed by atoms with Crippen molar-refractivity contribution in [3.8, 4) is 16.6 Å². The number of hydrogen-bond donors (Lipinski definition) is 1. The average Bonchev–Trinajstić information content (AvgIpc) is 3.42.